The summed E-state index contributed by atoms with van der Waals surface area (Å²) < 4.78 is 1.40. The third-order valence-corrected chi connectivity index (χ3v) is 3.02. The van der Waals surface area contributed by atoms with Gasteiger partial charge in [0.2, 0.25) is 0 Å². The van der Waals surface area contributed by atoms with Gasteiger partial charge < -0.3 is 9.67 Å². The summed E-state index contributed by atoms with van der Waals surface area (Å²) in [6.45, 7) is 0.414. The smallest absolute Gasteiger partial charge is 0.341 e. The SMILES string of the molecule is O=C(O)c1cccn(Cc2cccs2)c1=O. The Bertz CT molecular complexity index is 557. The van der Waals surface area contributed by atoms with Crippen LogP contribution in [0.5, 0.6) is 0 Å². The van der Waals surface area contributed by atoms with Gasteiger partial charge in [0.1, 0.15) is 5.56 Å². The van der Waals surface area contributed by atoms with Gasteiger partial charge in [0.25, 0.3) is 5.56 Å². The van der Waals surface area contributed by atoms with Crippen LogP contribution in [-0.4, -0.2) is 15.6 Å². The van der Waals surface area contributed by atoms with Gasteiger partial charge in [-0.25, -0.2) is 4.79 Å². The van der Waals surface area contributed by atoms with E-state index in [1.807, 2.05) is 17.5 Å². The maximum Gasteiger partial charge on any atom is 0.341 e. The second kappa shape index (κ2) is 4.32. The molecule has 82 valence electrons. The second-order valence-electron chi connectivity index (χ2n) is 3.24. The number of hydrogen-bond donors (Lipinski definition) is 1. The van der Waals surface area contributed by atoms with E-state index in [1.165, 1.54) is 22.0 Å². The summed E-state index contributed by atoms with van der Waals surface area (Å²) in [7, 11) is 0. The monoisotopic (exact) mass is 235 g/mol. The van der Waals surface area contributed by atoms with Crippen molar-refractivity contribution in [2.75, 3.05) is 0 Å². The molecule has 0 aliphatic carbocycles. The molecule has 0 aliphatic heterocycles. The number of pyridine rings is 1. The molecule has 2 rings (SSSR count). The average Bonchev–Trinajstić information content (AvgIpc) is 2.73. The van der Waals surface area contributed by atoms with Crippen LogP contribution in [0.4, 0.5) is 0 Å². The van der Waals surface area contributed by atoms with E-state index in [9.17, 15) is 9.59 Å². The highest BCUT2D eigenvalue weighted by Crippen LogP contribution is 2.09. The first-order chi connectivity index (χ1) is 7.68. The van der Waals surface area contributed by atoms with Crippen molar-refractivity contribution in [3.05, 3.63) is 56.6 Å². The molecule has 0 saturated carbocycles. The molecule has 0 radical (unpaired) electrons. The molecule has 0 spiro atoms. The molecular formula is C11H9NO3S. The molecule has 0 amide bonds. The number of rotatable bonds is 3. The van der Waals surface area contributed by atoms with Crippen molar-refractivity contribution in [2.24, 2.45) is 0 Å². The lowest BCUT2D eigenvalue weighted by Gasteiger charge is -2.04. The number of thiophene rings is 1. The van der Waals surface area contributed by atoms with Crippen molar-refractivity contribution < 1.29 is 9.90 Å². The summed E-state index contributed by atoms with van der Waals surface area (Å²) in [6.07, 6.45) is 1.59. The van der Waals surface area contributed by atoms with Gasteiger partial charge in [0.15, 0.2) is 0 Å². The molecule has 2 aromatic heterocycles. The molecule has 1 N–H and O–H groups in total. The molecule has 0 unspecified atom stereocenters. The Morgan fingerprint density at radius 3 is 2.81 bits per heavy atom. The normalized spacial score (nSPS) is 10.2. The predicted octanol–water partition coefficient (Wildman–Crippen LogP) is 1.66. The zero-order valence-electron chi connectivity index (χ0n) is 8.29. The Morgan fingerprint density at radius 2 is 2.19 bits per heavy atom. The van der Waals surface area contributed by atoms with Crippen LogP contribution in [0, 0.1) is 0 Å². The van der Waals surface area contributed by atoms with Crippen LogP contribution < -0.4 is 5.56 Å². The lowest BCUT2D eigenvalue weighted by atomic mass is 10.3. The molecule has 0 atom stereocenters. The fourth-order valence-corrected chi connectivity index (χ4v) is 2.10. The topological polar surface area (TPSA) is 59.3 Å². The number of carbonyl (C=O) groups is 1. The Kier molecular flexibility index (Phi) is 2.87. The first-order valence-electron chi connectivity index (χ1n) is 4.63. The number of aromatic nitrogens is 1. The van der Waals surface area contributed by atoms with Gasteiger partial charge in [-0.05, 0) is 23.6 Å². The van der Waals surface area contributed by atoms with Crippen LogP contribution >= 0.6 is 11.3 Å². The van der Waals surface area contributed by atoms with Crippen LogP contribution in [0.1, 0.15) is 15.2 Å². The second-order valence-corrected chi connectivity index (χ2v) is 4.27. The maximum atomic E-state index is 11.7. The first-order valence-corrected chi connectivity index (χ1v) is 5.51. The number of nitrogens with zero attached hydrogens (tertiary/aromatic N) is 1. The minimum Gasteiger partial charge on any atom is -0.477 e. The van der Waals surface area contributed by atoms with Gasteiger partial charge >= 0.3 is 5.97 Å². The quantitative estimate of drug-likeness (QED) is 0.880. The summed E-state index contributed by atoms with van der Waals surface area (Å²) in [4.78, 5) is 23.5. The van der Waals surface area contributed by atoms with Gasteiger partial charge in [-0.2, -0.15) is 0 Å². The maximum absolute atomic E-state index is 11.7. The summed E-state index contributed by atoms with van der Waals surface area (Å²) in [5, 5.41) is 10.7. The molecular weight excluding hydrogens is 226 g/mol. The van der Waals surface area contributed by atoms with Crippen molar-refractivity contribution in [1.29, 1.82) is 0 Å². The van der Waals surface area contributed by atoms with Crippen LogP contribution in [0.2, 0.25) is 0 Å². The molecule has 4 nitrogen and oxygen atoms in total. The Labute approximate surface area is 95.4 Å². The van der Waals surface area contributed by atoms with Crippen molar-refractivity contribution in [3.63, 3.8) is 0 Å². The Balaban J connectivity index is 2.39. The number of carboxylic acid groups (broad SMARTS) is 1. The zero-order chi connectivity index (χ0) is 11.5. The van der Waals surface area contributed by atoms with E-state index in [1.54, 1.807) is 12.3 Å². The third kappa shape index (κ3) is 2.04. The van der Waals surface area contributed by atoms with Crippen molar-refractivity contribution in [3.8, 4) is 0 Å². The van der Waals surface area contributed by atoms with Crippen LogP contribution in [0.15, 0.2) is 40.6 Å². The standard InChI is InChI=1S/C11H9NO3S/c13-10-9(11(14)15)4-1-5-12(10)7-8-3-2-6-16-8/h1-6H,7H2,(H,14,15). The minimum absolute atomic E-state index is 0.195. The van der Waals surface area contributed by atoms with Crippen LogP contribution in [-0.2, 0) is 6.54 Å². The van der Waals surface area contributed by atoms with Gasteiger partial charge in [-0.15, -0.1) is 11.3 Å². The Hall–Kier alpha value is -1.88. The molecule has 0 saturated heterocycles. The summed E-state index contributed by atoms with van der Waals surface area (Å²) in [5.41, 5.74) is -0.664. The van der Waals surface area contributed by atoms with E-state index in [0.717, 1.165) is 4.88 Å². The molecule has 16 heavy (non-hydrogen) atoms. The molecule has 5 heteroatoms. The molecule has 2 heterocycles. The lowest BCUT2D eigenvalue weighted by molar-refractivity contribution is 0.0694. The fraction of sp³-hybridized carbons (Fsp3) is 0.0909. The molecule has 0 fully saturated rings. The summed E-state index contributed by atoms with van der Waals surface area (Å²) >= 11 is 1.53. The zero-order valence-corrected chi connectivity index (χ0v) is 9.11. The molecule has 0 bridgehead atoms. The van der Waals surface area contributed by atoms with E-state index in [2.05, 4.69) is 0 Å². The fourth-order valence-electron chi connectivity index (χ4n) is 1.39. The number of aromatic carboxylic acids is 1. The largest absolute Gasteiger partial charge is 0.477 e. The summed E-state index contributed by atoms with van der Waals surface area (Å²) in [6, 6.07) is 6.69. The Morgan fingerprint density at radius 1 is 1.38 bits per heavy atom. The van der Waals surface area contributed by atoms with E-state index in [0.29, 0.717) is 6.54 Å². The summed E-state index contributed by atoms with van der Waals surface area (Å²) in [5.74, 6) is -1.19. The third-order valence-electron chi connectivity index (χ3n) is 2.16. The highest BCUT2D eigenvalue weighted by Gasteiger charge is 2.10. The molecule has 0 aliphatic rings. The molecule has 0 aromatic carbocycles. The van der Waals surface area contributed by atoms with Crippen molar-refractivity contribution in [1.82, 2.24) is 4.57 Å². The number of hydrogen-bond acceptors (Lipinski definition) is 3. The first kappa shape index (κ1) is 10.6. The van der Waals surface area contributed by atoms with Crippen LogP contribution in [0.3, 0.4) is 0 Å². The number of carboxylic acids is 1. The van der Waals surface area contributed by atoms with Gasteiger partial charge in [-0.3, -0.25) is 4.79 Å². The highest BCUT2D eigenvalue weighted by molar-refractivity contribution is 7.09. The van der Waals surface area contributed by atoms with Gasteiger partial charge in [-0.1, -0.05) is 6.07 Å². The van der Waals surface area contributed by atoms with E-state index >= 15 is 0 Å². The van der Waals surface area contributed by atoms with Gasteiger partial charge in [0, 0.05) is 11.1 Å². The van der Waals surface area contributed by atoms with Crippen LogP contribution in [0.25, 0.3) is 0 Å². The van der Waals surface area contributed by atoms with E-state index < -0.39 is 11.5 Å². The van der Waals surface area contributed by atoms with E-state index in [-0.39, 0.29) is 5.56 Å². The lowest BCUT2D eigenvalue weighted by Crippen LogP contribution is -2.25. The highest BCUT2D eigenvalue weighted by atomic mass is 32.1. The molecule has 2 aromatic rings. The van der Waals surface area contributed by atoms with Crippen molar-refractivity contribution in [2.45, 2.75) is 6.54 Å². The average molecular weight is 235 g/mol. The van der Waals surface area contributed by atoms with Crippen molar-refractivity contribution >= 4 is 17.3 Å². The van der Waals surface area contributed by atoms with Gasteiger partial charge in [0.05, 0.1) is 6.54 Å². The van der Waals surface area contributed by atoms with E-state index in [4.69, 9.17) is 5.11 Å². The minimum atomic E-state index is -1.19. The predicted molar refractivity (Wildman–Crippen MR) is 61.1 cm³/mol.